The molecular formula is C40H36Cl2N4O7S2. The van der Waals surface area contributed by atoms with Gasteiger partial charge in [-0.15, -0.1) is 0 Å². The lowest BCUT2D eigenvalue weighted by Gasteiger charge is -2.24. The summed E-state index contributed by atoms with van der Waals surface area (Å²) in [7, 11) is -7.85. The average molecular weight is 820 g/mol. The van der Waals surface area contributed by atoms with Crippen LogP contribution in [-0.2, 0) is 29.3 Å². The first kappa shape index (κ1) is 40.8. The smallest absolute Gasteiger partial charge is 0.246 e. The van der Waals surface area contributed by atoms with E-state index in [9.17, 15) is 26.4 Å². The van der Waals surface area contributed by atoms with Gasteiger partial charge in [-0.1, -0.05) is 65.7 Å². The number of aromatic nitrogens is 2. The fourth-order valence-electron chi connectivity index (χ4n) is 4.89. The van der Waals surface area contributed by atoms with E-state index in [0.29, 0.717) is 33.2 Å². The van der Waals surface area contributed by atoms with Gasteiger partial charge < -0.3 is 15.4 Å². The average Bonchev–Trinajstić information content (AvgIpc) is 3.16. The molecule has 55 heavy (non-hydrogen) atoms. The second-order valence-corrected chi connectivity index (χ2v) is 18.9. The van der Waals surface area contributed by atoms with Crippen LogP contribution in [0.15, 0.2) is 144 Å². The summed E-state index contributed by atoms with van der Waals surface area (Å²) in [6, 6.07) is 33.0. The third kappa shape index (κ3) is 9.31. The van der Waals surface area contributed by atoms with Crippen LogP contribution in [0.5, 0.6) is 11.6 Å². The largest absolute Gasteiger partial charge is 0.439 e. The quantitative estimate of drug-likeness (QED) is 0.138. The van der Waals surface area contributed by atoms with Gasteiger partial charge in [-0.05, 0) is 106 Å². The predicted octanol–water partition coefficient (Wildman–Crippen LogP) is 8.80. The number of amides is 2. The minimum absolute atomic E-state index is 0.0202. The van der Waals surface area contributed by atoms with Crippen molar-refractivity contribution in [2.24, 2.45) is 0 Å². The van der Waals surface area contributed by atoms with Gasteiger partial charge in [0.15, 0.2) is 19.7 Å². The molecule has 0 saturated carbocycles. The lowest BCUT2D eigenvalue weighted by Crippen LogP contribution is -2.44. The topological polar surface area (TPSA) is 161 Å². The molecule has 6 aromatic rings. The number of hydrogen-bond acceptors (Lipinski definition) is 9. The van der Waals surface area contributed by atoms with Crippen LogP contribution < -0.4 is 15.4 Å². The fraction of sp³-hybridized carbons (Fsp3) is 0.150. The summed E-state index contributed by atoms with van der Waals surface area (Å²) in [5.41, 5.74) is 0.356. The molecule has 2 amide bonds. The number of rotatable bonds is 10. The molecule has 2 heterocycles. The van der Waals surface area contributed by atoms with Crippen LogP contribution >= 0.6 is 23.2 Å². The Hall–Kier alpha value is -5.34. The first-order chi connectivity index (χ1) is 25.9. The molecule has 15 heteroatoms. The van der Waals surface area contributed by atoms with E-state index in [1.165, 1.54) is 82.4 Å². The summed E-state index contributed by atoms with van der Waals surface area (Å²) in [4.78, 5) is 33.8. The molecule has 0 radical (unpaired) electrons. The summed E-state index contributed by atoms with van der Waals surface area (Å²) in [5.74, 6) is -0.0523. The molecule has 0 saturated heterocycles. The van der Waals surface area contributed by atoms with Crippen molar-refractivity contribution in [1.82, 2.24) is 9.97 Å². The molecule has 0 unspecified atom stereocenters. The first-order valence-electron chi connectivity index (χ1n) is 16.6. The van der Waals surface area contributed by atoms with Gasteiger partial charge in [0.05, 0.1) is 21.7 Å². The van der Waals surface area contributed by atoms with E-state index in [4.69, 9.17) is 27.9 Å². The molecule has 11 nitrogen and oxygen atoms in total. The van der Waals surface area contributed by atoms with Gasteiger partial charge in [-0.2, -0.15) is 0 Å². The highest BCUT2D eigenvalue weighted by Gasteiger charge is 2.44. The number of fused-ring (bicyclic) bond motifs is 1. The highest BCUT2D eigenvalue weighted by molar-refractivity contribution is 7.94. The molecule has 0 atom stereocenters. The molecule has 0 fully saturated rings. The molecular weight excluding hydrogens is 784 g/mol. The van der Waals surface area contributed by atoms with Crippen LogP contribution in [0, 0.1) is 0 Å². The molecule has 2 aromatic heterocycles. The monoisotopic (exact) mass is 818 g/mol. The maximum atomic E-state index is 12.9. The number of nitrogens with one attached hydrogen (secondary N) is 2. The number of halogens is 2. The fourth-order valence-corrected chi connectivity index (χ4v) is 7.89. The van der Waals surface area contributed by atoms with E-state index in [1.807, 2.05) is 42.5 Å². The second-order valence-electron chi connectivity index (χ2n) is 13.1. The van der Waals surface area contributed by atoms with Gasteiger partial charge in [0, 0.05) is 27.7 Å². The summed E-state index contributed by atoms with van der Waals surface area (Å²) in [5, 5.41) is 7.87. The van der Waals surface area contributed by atoms with Crippen LogP contribution in [0.1, 0.15) is 27.7 Å². The zero-order valence-electron chi connectivity index (χ0n) is 30.0. The Labute approximate surface area is 329 Å². The molecule has 6 rings (SSSR count). The number of nitrogens with zero attached hydrogens (tertiary/aromatic N) is 2. The van der Waals surface area contributed by atoms with Crippen molar-refractivity contribution in [2.75, 3.05) is 10.6 Å². The van der Waals surface area contributed by atoms with E-state index in [2.05, 4.69) is 20.6 Å². The van der Waals surface area contributed by atoms with Gasteiger partial charge in [-0.3, -0.25) is 9.59 Å². The van der Waals surface area contributed by atoms with Crippen LogP contribution in [0.2, 0.25) is 10.0 Å². The number of pyridine rings is 2. The van der Waals surface area contributed by atoms with Crippen LogP contribution in [0.4, 0.5) is 11.5 Å². The third-order valence-corrected chi connectivity index (χ3v) is 13.9. The van der Waals surface area contributed by atoms with Crippen molar-refractivity contribution < 1.29 is 31.2 Å². The highest BCUT2D eigenvalue weighted by Crippen LogP contribution is 2.30. The predicted molar refractivity (Wildman–Crippen MR) is 215 cm³/mol. The Morgan fingerprint density at radius 2 is 1.07 bits per heavy atom. The van der Waals surface area contributed by atoms with Gasteiger partial charge in [0.2, 0.25) is 17.7 Å². The lowest BCUT2D eigenvalue weighted by molar-refractivity contribution is -0.118. The van der Waals surface area contributed by atoms with E-state index in [1.54, 1.807) is 36.5 Å². The Morgan fingerprint density at radius 1 is 0.582 bits per heavy atom. The van der Waals surface area contributed by atoms with E-state index >= 15 is 0 Å². The van der Waals surface area contributed by atoms with E-state index in [-0.39, 0.29) is 9.79 Å². The summed E-state index contributed by atoms with van der Waals surface area (Å²) < 4.78 is 53.8. The Kier molecular flexibility index (Phi) is 12.3. The van der Waals surface area contributed by atoms with Gasteiger partial charge in [0.1, 0.15) is 21.1 Å². The molecule has 0 spiro atoms. The maximum absolute atomic E-state index is 12.9. The van der Waals surface area contributed by atoms with Crippen LogP contribution in [0.25, 0.3) is 10.8 Å². The standard InChI is InChI=1S/C21H19ClN2O4S.C19H17ClN2O3S/c1-21(2,29(26,27)18-11-8-15(22)9-12-18)20(25)24-16-10-13-19(23-14-16)28-17-6-4-3-5-7-17;1-19(2,26(24,25)16-9-7-15(20)8-10-16)18(23)22-17-11-13-5-3-4-6-14(13)12-21-17/h3-14H,1-2H3,(H,24,25);3-12H,1-2H3,(H,21,22,23). The molecule has 0 aliphatic carbocycles. The molecule has 4 aromatic carbocycles. The molecule has 0 aliphatic rings. The van der Waals surface area contributed by atoms with Crippen LogP contribution in [0.3, 0.4) is 0 Å². The van der Waals surface area contributed by atoms with Crippen LogP contribution in [-0.4, -0.2) is 48.1 Å². The van der Waals surface area contributed by atoms with Crippen molar-refractivity contribution in [3.05, 3.63) is 144 Å². The summed E-state index contributed by atoms with van der Waals surface area (Å²) in [6.07, 6.45) is 3.03. The summed E-state index contributed by atoms with van der Waals surface area (Å²) in [6.45, 7) is 5.44. The van der Waals surface area contributed by atoms with Gasteiger partial charge >= 0.3 is 0 Å². The molecule has 0 bridgehead atoms. The second kappa shape index (κ2) is 16.6. The Balaban J connectivity index is 0.000000212. The number of carbonyl (C=O) groups excluding carboxylic acids is 2. The van der Waals surface area contributed by atoms with E-state index in [0.717, 1.165) is 10.8 Å². The van der Waals surface area contributed by atoms with E-state index < -0.39 is 41.0 Å². The normalized spacial score (nSPS) is 11.9. The zero-order chi connectivity index (χ0) is 40.0. The highest BCUT2D eigenvalue weighted by atomic mass is 35.5. The SMILES string of the molecule is CC(C)(C(=O)Nc1cc2ccccc2cn1)S(=O)(=O)c1ccc(Cl)cc1.CC(C)(C(=O)Nc1ccc(Oc2ccccc2)nc1)S(=O)(=O)c1ccc(Cl)cc1. The van der Waals surface area contributed by atoms with Gasteiger partial charge in [-0.25, -0.2) is 26.8 Å². The van der Waals surface area contributed by atoms with Crippen molar-refractivity contribution in [3.8, 4) is 11.6 Å². The minimum atomic E-state index is -3.94. The van der Waals surface area contributed by atoms with Crippen molar-refractivity contribution in [3.63, 3.8) is 0 Å². The minimum Gasteiger partial charge on any atom is -0.439 e. The first-order valence-corrected chi connectivity index (χ1v) is 20.3. The van der Waals surface area contributed by atoms with Crippen molar-refractivity contribution in [2.45, 2.75) is 47.0 Å². The van der Waals surface area contributed by atoms with Crippen molar-refractivity contribution >= 4 is 77.0 Å². The molecule has 2 N–H and O–H groups in total. The third-order valence-electron chi connectivity index (χ3n) is 8.52. The zero-order valence-corrected chi connectivity index (χ0v) is 33.2. The number of ether oxygens (including phenoxy) is 1. The maximum Gasteiger partial charge on any atom is 0.246 e. The Bertz CT molecular complexity index is 2530. The number of benzene rings is 4. The molecule has 0 aliphatic heterocycles. The number of para-hydroxylation sites is 1. The van der Waals surface area contributed by atoms with Gasteiger partial charge in [0.25, 0.3) is 0 Å². The number of sulfone groups is 2. The summed E-state index contributed by atoms with van der Waals surface area (Å²) >= 11 is 11.6. The number of hydrogen-bond donors (Lipinski definition) is 2. The Morgan fingerprint density at radius 3 is 1.58 bits per heavy atom. The molecule has 284 valence electrons. The number of carbonyl (C=O) groups is 2. The lowest BCUT2D eigenvalue weighted by atomic mass is 10.1. The van der Waals surface area contributed by atoms with Crippen molar-refractivity contribution in [1.29, 1.82) is 0 Å². The number of anilines is 2.